The third kappa shape index (κ3) is 2.76. The van der Waals surface area contributed by atoms with Crippen LogP contribution in [0.5, 0.6) is 0 Å². The molecule has 4 saturated carbocycles. The number of fused-ring (bicyclic) bond motifs is 4. The van der Waals surface area contributed by atoms with Gasteiger partial charge in [-0.05, 0) is 86.9 Å². The molecular formula is C23H38O4. The standard InChI is InChI=1S/C12H20O2.C11H18O2/c1-10-5-6-11(2,7-10)12(3,8-10)9(13)14-4;1-9-4-5-10(2,6-9)11(3,7-9)8(12)13/h5-8H2,1-4H3;4-7H2,1-3H3,(H,12,13). The molecule has 0 spiro atoms. The summed E-state index contributed by atoms with van der Waals surface area (Å²) in [5.41, 5.74) is 0.205. The summed E-state index contributed by atoms with van der Waals surface area (Å²) in [6, 6.07) is 0. The van der Waals surface area contributed by atoms with Crippen LogP contribution >= 0.6 is 0 Å². The lowest BCUT2D eigenvalue weighted by Gasteiger charge is -2.40. The summed E-state index contributed by atoms with van der Waals surface area (Å²) in [5, 5.41) is 9.27. The van der Waals surface area contributed by atoms with E-state index in [1.807, 2.05) is 6.92 Å². The molecule has 4 aliphatic rings. The molecule has 4 heteroatoms. The predicted octanol–water partition coefficient (Wildman–Crippen LogP) is 5.44. The second-order valence-electron chi connectivity index (χ2n) is 11.9. The molecule has 4 fully saturated rings. The molecule has 0 aromatic rings. The van der Waals surface area contributed by atoms with E-state index < -0.39 is 11.4 Å². The van der Waals surface area contributed by atoms with Crippen LogP contribution < -0.4 is 0 Å². The first kappa shape index (κ1) is 20.7. The third-order valence-electron chi connectivity index (χ3n) is 9.53. The van der Waals surface area contributed by atoms with Gasteiger partial charge in [-0.25, -0.2) is 0 Å². The first-order chi connectivity index (χ1) is 12.2. The van der Waals surface area contributed by atoms with Crippen LogP contribution in [0.15, 0.2) is 0 Å². The van der Waals surface area contributed by atoms with Gasteiger partial charge >= 0.3 is 11.9 Å². The molecule has 1 N–H and O–H groups in total. The topological polar surface area (TPSA) is 63.6 Å². The van der Waals surface area contributed by atoms with Crippen LogP contribution in [0.3, 0.4) is 0 Å². The van der Waals surface area contributed by atoms with Gasteiger partial charge < -0.3 is 9.84 Å². The molecule has 0 aliphatic heterocycles. The van der Waals surface area contributed by atoms with Gasteiger partial charge in [-0.3, -0.25) is 9.59 Å². The number of carbonyl (C=O) groups excluding carboxylic acids is 1. The summed E-state index contributed by atoms with van der Waals surface area (Å²) < 4.78 is 4.96. The fourth-order valence-corrected chi connectivity index (χ4v) is 7.65. The first-order valence-corrected chi connectivity index (χ1v) is 10.5. The van der Waals surface area contributed by atoms with Crippen LogP contribution in [-0.2, 0) is 14.3 Å². The lowest BCUT2D eigenvalue weighted by atomic mass is 9.64. The van der Waals surface area contributed by atoms with Crippen LogP contribution in [0, 0.1) is 32.5 Å². The Labute approximate surface area is 164 Å². The highest BCUT2D eigenvalue weighted by molar-refractivity contribution is 5.78. The van der Waals surface area contributed by atoms with Crippen LogP contribution in [0.4, 0.5) is 0 Å². The van der Waals surface area contributed by atoms with Crippen molar-refractivity contribution in [1.29, 1.82) is 0 Å². The van der Waals surface area contributed by atoms with Crippen molar-refractivity contribution in [3.05, 3.63) is 0 Å². The number of aliphatic carboxylic acids is 1. The van der Waals surface area contributed by atoms with Gasteiger partial charge in [0, 0.05) is 0 Å². The second kappa shape index (κ2) is 5.73. The van der Waals surface area contributed by atoms with Gasteiger partial charge in [-0.2, -0.15) is 0 Å². The molecule has 4 aliphatic carbocycles. The molecule has 4 nitrogen and oxygen atoms in total. The van der Waals surface area contributed by atoms with Gasteiger partial charge in [0.05, 0.1) is 17.9 Å². The van der Waals surface area contributed by atoms with Crippen molar-refractivity contribution in [2.24, 2.45) is 32.5 Å². The molecule has 4 rings (SSSR count). The van der Waals surface area contributed by atoms with Crippen molar-refractivity contribution >= 4 is 11.9 Å². The molecule has 0 aromatic heterocycles. The number of ether oxygens (including phenoxy) is 1. The average molecular weight is 379 g/mol. The number of carboxylic acid groups (broad SMARTS) is 1. The zero-order valence-corrected chi connectivity index (χ0v) is 18.3. The highest BCUT2D eigenvalue weighted by Crippen LogP contribution is 2.70. The van der Waals surface area contributed by atoms with Crippen LogP contribution in [0.1, 0.15) is 92.9 Å². The maximum Gasteiger partial charge on any atom is 0.312 e. The van der Waals surface area contributed by atoms with Crippen molar-refractivity contribution in [2.45, 2.75) is 92.9 Å². The van der Waals surface area contributed by atoms with Crippen molar-refractivity contribution in [1.82, 2.24) is 0 Å². The van der Waals surface area contributed by atoms with E-state index >= 15 is 0 Å². The largest absolute Gasteiger partial charge is 0.481 e. The van der Waals surface area contributed by atoms with E-state index in [0.717, 1.165) is 25.7 Å². The van der Waals surface area contributed by atoms with E-state index in [-0.39, 0.29) is 22.2 Å². The molecule has 0 saturated heterocycles. The Hall–Kier alpha value is -1.06. The summed E-state index contributed by atoms with van der Waals surface area (Å²) >= 11 is 0. The number of rotatable bonds is 2. The average Bonchev–Trinajstić information content (AvgIpc) is 3.16. The summed E-state index contributed by atoms with van der Waals surface area (Å²) in [6.07, 6.45) is 8.91. The maximum atomic E-state index is 11.9. The summed E-state index contributed by atoms with van der Waals surface area (Å²) in [6.45, 7) is 13.0. The van der Waals surface area contributed by atoms with E-state index in [4.69, 9.17) is 4.74 Å². The monoisotopic (exact) mass is 378 g/mol. The van der Waals surface area contributed by atoms with E-state index in [9.17, 15) is 14.7 Å². The molecule has 4 bridgehead atoms. The van der Waals surface area contributed by atoms with Gasteiger partial charge in [-0.15, -0.1) is 0 Å². The lowest BCUT2D eigenvalue weighted by Crippen LogP contribution is -2.41. The number of esters is 1. The zero-order chi connectivity index (χ0) is 20.5. The smallest absolute Gasteiger partial charge is 0.312 e. The molecule has 0 heterocycles. The van der Waals surface area contributed by atoms with Crippen molar-refractivity contribution in [3.63, 3.8) is 0 Å². The van der Waals surface area contributed by atoms with E-state index in [1.165, 1.54) is 32.8 Å². The number of hydrogen-bond acceptors (Lipinski definition) is 3. The third-order valence-corrected chi connectivity index (χ3v) is 9.53. The van der Waals surface area contributed by atoms with Gasteiger partial charge in [0.25, 0.3) is 0 Å². The number of carbonyl (C=O) groups is 2. The van der Waals surface area contributed by atoms with Crippen LogP contribution in [0.2, 0.25) is 0 Å². The SMILES string of the molecule is CC12CCC(C)(C1)C(C)(C(=O)O)C2.COC(=O)C1(C)CC2(C)CCC1(C)C2. The Morgan fingerprint density at radius 1 is 0.704 bits per heavy atom. The minimum absolute atomic E-state index is 0.0107. The Morgan fingerprint density at radius 2 is 1.11 bits per heavy atom. The van der Waals surface area contributed by atoms with Crippen LogP contribution in [-0.4, -0.2) is 24.2 Å². The normalized spacial score (nSPS) is 52.4. The summed E-state index contributed by atoms with van der Waals surface area (Å²) in [4.78, 5) is 23.1. The molecule has 6 unspecified atom stereocenters. The Kier molecular flexibility index (Phi) is 4.39. The van der Waals surface area contributed by atoms with Crippen molar-refractivity contribution in [2.75, 3.05) is 7.11 Å². The minimum Gasteiger partial charge on any atom is -0.481 e. The Bertz CT molecular complexity index is 673. The van der Waals surface area contributed by atoms with Crippen molar-refractivity contribution in [3.8, 4) is 0 Å². The van der Waals surface area contributed by atoms with E-state index in [2.05, 4.69) is 34.6 Å². The molecule has 6 atom stereocenters. The molecular weight excluding hydrogens is 340 g/mol. The van der Waals surface area contributed by atoms with Crippen LogP contribution in [0.25, 0.3) is 0 Å². The molecule has 0 radical (unpaired) electrons. The summed E-state index contributed by atoms with van der Waals surface area (Å²) in [5.74, 6) is -0.609. The molecule has 154 valence electrons. The van der Waals surface area contributed by atoms with E-state index in [0.29, 0.717) is 10.8 Å². The molecule has 0 aromatic carbocycles. The summed E-state index contributed by atoms with van der Waals surface area (Å²) in [7, 11) is 1.51. The fourth-order valence-electron chi connectivity index (χ4n) is 7.65. The Morgan fingerprint density at radius 3 is 1.33 bits per heavy atom. The second-order valence-corrected chi connectivity index (χ2v) is 11.9. The Balaban J connectivity index is 0.000000156. The zero-order valence-electron chi connectivity index (χ0n) is 18.3. The fraction of sp³-hybridized carbons (Fsp3) is 0.913. The quantitative estimate of drug-likeness (QED) is 0.650. The van der Waals surface area contributed by atoms with Gasteiger partial charge in [-0.1, -0.05) is 27.7 Å². The number of hydrogen-bond donors (Lipinski definition) is 1. The maximum absolute atomic E-state index is 11.9. The van der Waals surface area contributed by atoms with Gasteiger partial charge in [0.15, 0.2) is 0 Å². The molecule has 27 heavy (non-hydrogen) atoms. The highest BCUT2D eigenvalue weighted by atomic mass is 16.5. The number of carboxylic acids is 1. The van der Waals surface area contributed by atoms with Crippen molar-refractivity contribution < 1.29 is 19.4 Å². The van der Waals surface area contributed by atoms with Gasteiger partial charge in [0.1, 0.15) is 0 Å². The van der Waals surface area contributed by atoms with Gasteiger partial charge in [0.2, 0.25) is 0 Å². The highest BCUT2D eigenvalue weighted by Gasteiger charge is 2.65. The number of methoxy groups -OCH3 is 1. The minimum atomic E-state index is -0.599. The predicted molar refractivity (Wildman–Crippen MR) is 105 cm³/mol. The van der Waals surface area contributed by atoms with E-state index in [1.54, 1.807) is 0 Å². The first-order valence-electron chi connectivity index (χ1n) is 10.5. The molecule has 0 amide bonds. The lowest BCUT2D eigenvalue weighted by molar-refractivity contribution is -0.159.